The molecule has 0 spiro atoms. The van der Waals surface area contributed by atoms with E-state index < -0.39 is 0 Å². The molecule has 0 radical (unpaired) electrons. The molecular weight excluding hydrogens is 234 g/mol. The van der Waals surface area contributed by atoms with Crippen molar-refractivity contribution in [2.45, 2.75) is 13.8 Å². The quantitative estimate of drug-likeness (QED) is 0.815. The molecule has 0 saturated heterocycles. The number of benzene rings is 1. The minimum Gasteiger partial charge on any atom is -0.361 e. The highest BCUT2D eigenvalue weighted by atomic mass is 35.5. The second-order valence-electron chi connectivity index (χ2n) is 4.38. The first-order chi connectivity index (χ1) is 7.99. The van der Waals surface area contributed by atoms with Crippen LogP contribution in [-0.2, 0) is 0 Å². The highest BCUT2D eigenvalue weighted by molar-refractivity contribution is 6.30. The minimum atomic E-state index is 0.729. The molecule has 1 aromatic heterocycles. The van der Waals surface area contributed by atoms with E-state index in [4.69, 9.17) is 11.6 Å². The summed E-state index contributed by atoms with van der Waals surface area (Å²) in [5.74, 6) is 0.946. The molecule has 0 atom stereocenters. The van der Waals surface area contributed by atoms with Crippen LogP contribution in [0.2, 0.25) is 5.02 Å². The van der Waals surface area contributed by atoms with Crippen LogP contribution in [0.1, 0.15) is 11.3 Å². The number of rotatable bonds is 2. The first kappa shape index (κ1) is 12.0. The average molecular weight is 250 g/mol. The lowest BCUT2D eigenvalue weighted by molar-refractivity contribution is 0.831. The molecule has 1 heterocycles. The summed E-state index contributed by atoms with van der Waals surface area (Å²) in [6, 6.07) is 7.90. The Kier molecular flexibility index (Phi) is 3.11. The Balaban J connectivity index is 2.56. The number of aryl methyl sites for hydroxylation is 2. The number of aromatic nitrogens is 2. The largest absolute Gasteiger partial charge is 0.361 e. The van der Waals surface area contributed by atoms with Crippen molar-refractivity contribution in [3.8, 4) is 5.69 Å². The lowest BCUT2D eigenvalue weighted by atomic mass is 10.2. The van der Waals surface area contributed by atoms with Gasteiger partial charge in [-0.15, -0.1) is 0 Å². The number of hydrogen-bond acceptors (Lipinski definition) is 2. The molecule has 0 N–H and O–H groups in total. The van der Waals surface area contributed by atoms with E-state index in [-0.39, 0.29) is 0 Å². The van der Waals surface area contributed by atoms with Crippen molar-refractivity contribution in [2.24, 2.45) is 0 Å². The van der Waals surface area contributed by atoms with Gasteiger partial charge in [-0.2, -0.15) is 5.10 Å². The molecule has 0 aliphatic carbocycles. The molecule has 0 aliphatic rings. The van der Waals surface area contributed by atoms with Gasteiger partial charge in [0, 0.05) is 30.9 Å². The molecule has 0 aliphatic heterocycles. The van der Waals surface area contributed by atoms with Crippen LogP contribution in [0.5, 0.6) is 0 Å². The maximum absolute atomic E-state index is 6.04. The monoisotopic (exact) mass is 249 g/mol. The second-order valence-corrected chi connectivity index (χ2v) is 4.82. The van der Waals surface area contributed by atoms with Crippen LogP contribution in [0.25, 0.3) is 5.69 Å². The van der Waals surface area contributed by atoms with E-state index in [2.05, 4.69) is 18.1 Å². The molecular formula is C13H16ClN3. The van der Waals surface area contributed by atoms with E-state index in [1.165, 1.54) is 0 Å². The van der Waals surface area contributed by atoms with Gasteiger partial charge in [0.2, 0.25) is 0 Å². The minimum absolute atomic E-state index is 0.729. The molecule has 4 heteroatoms. The van der Waals surface area contributed by atoms with Gasteiger partial charge in [0.05, 0.1) is 5.69 Å². The van der Waals surface area contributed by atoms with Gasteiger partial charge in [-0.1, -0.05) is 17.7 Å². The highest BCUT2D eigenvalue weighted by Gasteiger charge is 2.09. The molecule has 1 aromatic carbocycles. The van der Waals surface area contributed by atoms with Crippen LogP contribution in [0.3, 0.4) is 0 Å². The van der Waals surface area contributed by atoms with Gasteiger partial charge in [-0.3, -0.25) is 0 Å². The van der Waals surface area contributed by atoms with Gasteiger partial charge in [-0.05, 0) is 31.5 Å². The summed E-state index contributed by atoms with van der Waals surface area (Å²) in [5, 5.41) is 5.29. The van der Waals surface area contributed by atoms with Crippen LogP contribution in [0.4, 0.5) is 5.82 Å². The summed E-state index contributed by atoms with van der Waals surface area (Å²) < 4.78 is 1.93. The molecule has 3 nitrogen and oxygen atoms in total. The third-order valence-electron chi connectivity index (χ3n) is 2.73. The van der Waals surface area contributed by atoms with Gasteiger partial charge in [-0.25, -0.2) is 4.68 Å². The second kappa shape index (κ2) is 4.41. The topological polar surface area (TPSA) is 21.1 Å². The molecule has 17 heavy (non-hydrogen) atoms. The number of hydrogen-bond donors (Lipinski definition) is 0. The zero-order chi connectivity index (χ0) is 12.6. The normalized spacial score (nSPS) is 10.6. The van der Waals surface area contributed by atoms with Gasteiger partial charge in [0.1, 0.15) is 0 Å². The Labute approximate surface area is 107 Å². The van der Waals surface area contributed by atoms with E-state index >= 15 is 0 Å². The SMILES string of the molecule is Cc1ccc(Cl)cc1-n1nc(N(C)C)cc1C. The zero-order valence-corrected chi connectivity index (χ0v) is 11.3. The maximum Gasteiger partial charge on any atom is 0.150 e. The molecule has 0 bridgehead atoms. The van der Waals surface area contributed by atoms with Gasteiger partial charge in [0.15, 0.2) is 5.82 Å². The number of halogens is 1. The first-order valence-corrected chi connectivity index (χ1v) is 5.87. The maximum atomic E-state index is 6.04. The lowest BCUT2D eigenvalue weighted by Gasteiger charge is -2.09. The van der Waals surface area contributed by atoms with E-state index in [1.54, 1.807) is 0 Å². The van der Waals surface area contributed by atoms with Crippen molar-refractivity contribution in [1.29, 1.82) is 0 Å². The van der Waals surface area contributed by atoms with Gasteiger partial charge in [0.25, 0.3) is 0 Å². The lowest BCUT2D eigenvalue weighted by Crippen LogP contribution is -2.10. The van der Waals surface area contributed by atoms with Crippen LogP contribution >= 0.6 is 11.6 Å². The summed E-state index contributed by atoms with van der Waals surface area (Å²) >= 11 is 6.04. The van der Waals surface area contributed by atoms with Crippen LogP contribution in [0.15, 0.2) is 24.3 Å². The third-order valence-corrected chi connectivity index (χ3v) is 2.97. The predicted molar refractivity (Wildman–Crippen MR) is 72.4 cm³/mol. The number of anilines is 1. The standard InChI is InChI=1S/C13H16ClN3/c1-9-5-6-11(14)8-12(9)17-10(2)7-13(15-17)16(3)4/h5-8H,1-4H3. The third kappa shape index (κ3) is 2.29. The molecule has 2 rings (SSSR count). The summed E-state index contributed by atoms with van der Waals surface area (Å²) in [7, 11) is 3.97. The van der Waals surface area contributed by atoms with Crippen LogP contribution in [-0.4, -0.2) is 23.9 Å². The van der Waals surface area contributed by atoms with E-state index in [0.717, 1.165) is 27.8 Å². The molecule has 0 amide bonds. The van der Waals surface area contributed by atoms with Crippen LogP contribution < -0.4 is 4.90 Å². The van der Waals surface area contributed by atoms with Crippen molar-refractivity contribution in [2.75, 3.05) is 19.0 Å². The highest BCUT2D eigenvalue weighted by Crippen LogP contribution is 2.22. The summed E-state index contributed by atoms with van der Waals surface area (Å²) in [4.78, 5) is 1.99. The summed E-state index contributed by atoms with van der Waals surface area (Å²) in [5.41, 5.74) is 3.29. The fourth-order valence-corrected chi connectivity index (χ4v) is 1.90. The fourth-order valence-electron chi connectivity index (χ4n) is 1.73. The first-order valence-electron chi connectivity index (χ1n) is 5.49. The van der Waals surface area contributed by atoms with E-state index in [1.807, 2.05) is 48.8 Å². The zero-order valence-electron chi connectivity index (χ0n) is 10.5. The van der Waals surface area contributed by atoms with Crippen molar-refractivity contribution >= 4 is 17.4 Å². The Bertz CT molecular complexity index is 544. The molecule has 0 unspecified atom stereocenters. The Hall–Kier alpha value is -1.48. The fraction of sp³-hybridized carbons (Fsp3) is 0.308. The Morgan fingerprint density at radius 1 is 1.18 bits per heavy atom. The van der Waals surface area contributed by atoms with Crippen molar-refractivity contribution in [1.82, 2.24) is 9.78 Å². The average Bonchev–Trinajstić information content (AvgIpc) is 2.64. The van der Waals surface area contributed by atoms with Crippen LogP contribution in [0, 0.1) is 13.8 Å². The van der Waals surface area contributed by atoms with Crippen molar-refractivity contribution in [3.05, 3.63) is 40.5 Å². The molecule has 0 saturated carbocycles. The molecule has 90 valence electrons. The Morgan fingerprint density at radius 2 is 1.88 bits per heavy atom. The van der Waals surface area contributed by atoms with Gasteiger partial charge >= 0.3 is 0 Å². The smallest absolute Gasteiger partial charge is 0.150 e. The van der Waals surface area contributed by atoms with Crippen molar-refractivity contribution in [3.63, 3.8) is 0 Å². The van der Waals surface area contributed by atoms with E-state index in [9.17, 15) is 0 Å². The molecule has 0 fully saturated rings. The van der Waals surface area contributed by atoms with E-state index in [0.29, 0.717) is 0 Å². The van der Waals surface area contributed by atoms with Crippen molar-refractivity contribution < 1.29 is 0 Å². The predicted octanol–water partition coefficient (Wildman–Crippen LogP) is 3.21. The Morgan fingerprint density at radius 3 is 2.47 bits per heavy atom. The summed E-state index contributed by atoms with van der Waals surface area (Å²) in [6.07, 6.45) is 0. The summed E-state index contributed by atoms with van der Waals surface area (Å²) in [6.45, 7) is 4.10. The van der Waals surface area contributed by atoms with Gasteiger partial charge < -0.3 is 4.90 Å². The molecule has 2 aromatic rings. The number of nitrogens with zero attached hydrogens (tertiary/aromatic N) is 3.